The van der Waals surface area contributed by atoms with Crippen molar-refractivity contribution < 1.29 is 5.11 Å². The Bertz CT molecular complexity index is 523. The van der Waals surface area contributed by atoms with Gasteiger partial charge in [0.1, 0.15) is 5.60 Å². The summed E-state index contributed by atoms with van der Waals surface area (Å²) in [4.78, 5) is 1.07. The monoisotopic (exact) mass is 287 g/mol. The van der Waals surface area contributed by atoms with Crippen molar-refractivity contribution in [1.29, 1.82) is 0 Å². The molecule has 2 heterocycles. The highest BCUT2D eigenvalue weighted by Crippen LogP contribution is 2.44. The summed E-state index contributed by atoms with van der Waals surface area (Å²) in [5.41, 5.74) is 0.183. The minimum absolute atomic E-state index is 0.282. The largest absolute Gasteiger partial charge is 0.379 e. The maximum atomic E-state index is 11.6. The minimum atomic E-state index is -0.846. The Hall–Kier alpha value is -1.16. The summed E-state index contributed by atoms with van der Waals surface area (Å²) < 4.78 is 0. The van der Waals surface area contributed by atoms with Gasteiger partial charge in [-0.25, -0.2) is 0 Å². The van der Waals surface area contributed by atoms with Gasteiger partial charge in [-0.1, -0.05) is 36.4 Å². The lowest BCUT2D eigenvalue weighted by Crippen LogP contribution is -2.42. The van der Waals surface area contributed by atoms with E-state index in [1.807, 2.05) is 6.07 Å². The van der Waals surface area contributed by atoms with E-state index in [2.05, 4.69) is 47.1 Å². The third kappa shape index (κ3) is 2.53. The summed E-state index contributed by atoms with van der Waals surface area (Å²) in [6.07, 6.45) is 13.5. The van der Waals surface area contributed by atoms with E-state index in [0.29, 0.717) is 0 Å². The van der Waals surface area contributed by atoms with Crippen molar-refractivity contribution in [1.82, 2.24) is 5.32 Å². The van der Waals surface area contributed by atoms with E-state index in [4.69, 9.17) is 0 Å². The maximum absolute atomic E-state index is 11.6. The van der Waals surface area contributed by atoms with Crippen LogP contribution in [-0.2, 0) is 5.60 Å². The van der Waals surface area contributed by atoms with Crippen molar-refractivity contribution in [2.45, 2.75) is 24.9 Å². The number of aliphatic hydroxyl groups is 1. The Morgan fingerprint density at radius 3 is 2.85 bits per heavy atom. The summed E-state index contributed by atoms with van der Waals surface area (Å²) in [6.45, 7) is 1.98. The fourth-order valence-corrected chi connectivity index (χ4v) is 4.07. The SMILES string of the molecule is OC(C1=CC=CCC=C1)(c1cccs1)C1CCNCC1. The highest BCUT2D eigenvalue weighted by Gasteiger charge is 2.42. The standard InChI is InChI=1S/C17H21NOS/c19-17(16-8-5-13-20-16,15-9-11-18-12-10-15)14-6-3-1-2-4-7-14/h1,3-8,13,15,18-19H,2,9-12H2. The number of rotatable bonds is 3. The van der Waals surface area contributed by atoms with E-state index in [-0.39, 0.29) is 5.92 Å². The molecule has 1 saturated heterocycles. The smallest absolute Gasteiger partial charge is 0.127 e. The fraction of sp³-hybridized carbons (Fsp3) is 0.412. The highest BCUT2D eigenvalue weighted by atomic mass is 32.1. The van der Waals surface area contributed by atoms with Gasteiger partial charge in [0.15, 0.2) is 0 Å². The molecule has 1 aromatic rings. The van der Waals surface area contributed by atoms with Gasteiger partial charge in [0.25, 0.3) is 0 Å². The molecule has 1 atom stereocenters. The van der Waals surface area contributed by atoms with Crippen LogP contribution in [0.15, 0.2) is 53.5 Å². The second-order valence-electron chi connectivity index (χ2n) is 5.46. The van der Waals surface area contributed by atoms with Crippen LogP contribution >= 0.6 is 11.3 Å². The van der Waals surface area contributed by atoms with E-state index in [1.165, 1.54) is 0 Å². The van der Waals surface area contributed by atoms with Crippen LogP contribution < -0.4 is 5.32 Å². The first-order valence-electron chi connectivity index (χ1n) is 7.32. The van der Waals surface area contributed by atoms with Gasteiger partial charge < -0.3 is 10.4 Å². The van der Waals surface area contributed by atoms with Crippen LogP contribution in [0.4, 0.5) is 0 Å². The van der Waals surface area contributed by atoms with E-state index in [0.717, 1.165) is 42.8 Å². The molecule has 1 aliphatic heterocycles. The van der Waals surface area contributed by atoms with Crippen molar-refractivity contribution in [2.75, 3.05) is 13.1 Å². The topological polar surface area (TPSA) is 32.3 Å². The molecule has 1 aromatic heterocycles. The van der Waals surface area contributed by atoms with Gasteiger partial charge in [0.05, 0.1) is 0 Å². The van der Waals surface area contributed by atoms with Gasteiger partial charge in [-0.3, -0.25) is 0 Å². The predicted molar refractivity (Wildman–Crippen MR) is 84.8 cm³/mol. The minimum Gasteiger partial charge on any atom is -0.379 e. The number of piperidine rings is 1. The zero-order valence-electron chi connectivity index (χ0n) is 11.6. The molecular weight excluding hydrogens is 266 g/mol. The molecule has 2 N–H and O–H groups in total. The fourth-order valence-electron chi connectivity index (χ4n) is 3.15. The highest BCUT2D eigenvalue weighted by molar-refractivity contribution is 7.10. The van der Waals surface area contributed by atoms with Crippen molar-refractivity contribution in [2.24, 2.45) is 5.92 Å². The molecule has 106 valence electrons. The maximum Gasteiger partial charge on any atom is 0.127 e. The first-order valence-corrected chi connectivity index (χ1v) is 8.20. The molecule has 0 bridgehead atoms. The van der Waals surface area contributed by atoms with Gasteiger partial charge in [-0.05, 0) is 55.3 Å². The van der Waals surface area contributed by atoms with E-state index >= 15 is 0 Å². The molecular formula is C17H21NOS. The van der Waals surface area contributed by atoms with Crippen LogP contribution in [0.2, 0.25) is 0 Å². The molecule has 1 aliphatic carbocycles. The molecule has 3 rings (SSSR count). The Balaban J connectivity index is 2.03. The van der Waals surface area contributed by atoms with E-state index in [9.17, 15) is 5.11 Å². The van der Waals surface area contributed by atoms with Gasteiger partial charge >= 0.3 is 0 Å². The molecule has 1 fully saturated rings. The van der Waals surface area contributed by atoms with E-state index < -0.39 is 5.60 Å². The lowest BCUT2D eigenvalue weighted by atomic mass is 9.74. The zero-order valence-corrected chi connectivity index (χ0v) is 12.4. The number of thiophene rings is 1. The van der Waals surface area contributed by atoms with Crippen LogP contribution in [0, 0.1) is 5.92 Å². The van der Waals surface area contributed by atoms with Gasteiger partial charge in [-0.2, -0.15) is 0 Å². The molecule has 3 heteroatoms. The molecule has 0 spiro atoms. The van der Waals surface area contributed by atoms with Crippen molar-refractivity contribution in [3.63, 3.8) is 0 Å². The van der Waals surface area contributed by atoms with Gasteiger partial charge in [0.2, 0.25) is 0 Å². The zero-order chi connectivity index (χ0) is 13.8. The third-order valence-corrected chi connectivity index (χ3v) is 5.24. The molecule has 1 unspecified atom stereocenters. The molecule has 20 heavy (non-hydrogen) atoms. The Morgan fingerprint density at radius 1 is 1.25 bits per heavy atom. The molecule has 0 aromatic carbocycles. The third-order valence-electron chi connectivity index (χ3n) is 4.25. The van der Waals surface area contributed by atoms with Crippen LogP contribution in [0.25, 0.3) is 0 Å². The molecule has 0 saturated carbocycles. The van der Waals surface area contributed by atoms with Gasteiger partial charge in [-0.15, -0.1) is 11.3 Å². The second kappa shape index (κ2) is 6.08. The van der Waals surface area contributed by atoms with Crippen LogP contribution in [0.5, 0.6) is 0 Å². The summed E-state index contributed by atoms with van der Waals surface area (Å²) in [5, 5.41) is 17.0. The Kier molecular flexibility index (Phi) is 4.20. The first-order chi connectivity index (χ1) is 9.82. The van der Waals surface area contributed by atoms with Crippen LogP contribution in [0.3, 0.4) is 0 Å². The Labute approximate surface area is 124 Å². The lowest BCUT2D eigenvalue weighted by Gasteiger charge is -2.39. The molecule has 2 nitrogen and oxygen atoms in total. The first kappa shape index (κ1) is 13.8. The average molecular weight is 287 g/mol. The van der Waals surface area contributed by atoms with Crippen LogP contribution in [0.1, 0.15) is 24.1 Å². The second-order valence-corrected chi connectivity index (χ2v) is 6.40. The molecule has 0 amide bonds. The Morgan fingerprint density at radius 2 is 2.10 bits per heavy atom. The number of hydrogen-bond acceptors (Lipinski definition) is 3. The van der Waals surface area contributed by atoms with Gasteiger partial charge in [0, 0.05) is 4.88 Å². The molecule has 2 aliphatic rings. The van der Waals surface area contributed by atoms with Crippen molar-refractivity contribution in [3.05, 3.63) is 58.3 Å². The van der Waals surface area contributed by atoms with Crippen molar-refractivity contribution in [3.8, 4) is 0 Å². The summed E-state index contributed by atoms with van der Waals surface area (Å²) >= 11 is 1.65. The lowest BCUT2D eigenvalue weighted by molar-refractivity contribution is 0.00495. The summed E-state index contributed by atoms with van der Waals surface area (Å²) in [5.74, 6) is 0.282. The predicted octanol–water partition coefficient (Wildman–Crippen LogP) is 3.38. The summed E-state index contributed by atoms with van der Waals surface area (Å²) in [6, 6.07) is 4.10. The molecule has 0 radical (unpaired) electrons. The van der Waals surface area contributed by atoms with Crippen LogP contribution in [-0.4, -0.2) is 18.2 Å². The van der Waals surface area contributed by atoms with E-state index in [1.54, 1.807) is 11.3 Å². The quantitative estimate of drug-likeness (QED) is 0.893. The van der Waals surface area contributed by atoms with Crippen molar-refractivity contribution >= 4 is 11.3 Å². The average Bonchev–Trinajstić information content (AvgIpc) is 2.90. The number of nitrogens with one attached hydrogen (secondary N) is 1. The normalized spacial score (nSPS) is 23.1. The summed E-state index contributed by atoms with van der Waals surface area (Å²) in [7, 11) is 0. The number of hydrogen-bond donors (Lipinski definition) is 2. The number of allylic oxidation sites excluding steroid dienone is 4.